The van der Waals surface area contributed by atoms with Crippen molar-refractivity contribution in [1.82, 2.24) is 0 Å². The minimum absolute atomic E-state index is 0.394. The Morgan fingerprint density at radius 1 is 0.696 bits per heavy atom. The van der Waals surface area contributed by atoms with Crippen LogP contribution in [0.2, 0.25) is 0 Å². The Kier molecular flexibility index (Phi) is 9.47. The molecule has 2 atom stereocenters. The van der Waals surface area contributed by atoms with Gasteiger partial charge in [-0.2, -0.15) is 26.3 Å². The third-order valence-electron chi connectivity index (χ3n) is 2.84. The maximum atomic E-state index is 12.4. The van der Waals surface area contributed by atoms with Crippen molar-refractivity contribution in [1.29, 1.82) is 0 Å². The summed E-state index contributed by atoms with van der Waals surface area (Å²) in [5.74, 6) is 0. The van der Waals surface area contributed by atoms with Gasteiger partial charge < -0.3 is 4.74 Å². The topological polar surface area (TPSA) is 9.23 Å². The van der Waals surface area contributed by atoms with Gasteiger partial charge in [0.25, 0.3) is 0 Å². The lowest BCUT2D eigenvalue weighted by molar-refractivity contribution is -0.152. The lowest BCUT2D eigenvalue weighted by atomic mass is 10.1. The summed E-state index contributed by atoms with van der Waals surface area (Å²) < 4.78 is 78.1. The molecular weight excluding hydrogens is 594 g/mol. The molecule has 0 amide bonds. The summed E-state index contributed by atoms with van der Waals surface area (Å²) in [4.78, 5) is 0. The van der Waals surface area contributed by atoms with Crippen molar-refractivity contribution in [3.05, 3.63) is 0 Å². The van der Waals surface area contributed by atoms with Gasteiger partial charge >= 0.3 is 12.4 Å². The highest BCUT2D eigenvalue weighted by Gasteiger charge is 2.41. The Morgan fingerprint density at radius 3 is 1.13 bits per heavy atom. The lowest BCUT2D eigenvalue weighted by Crippen LogP contribution is -2.41. The molecule has 11 heteroatoms. The fourth-order valence-electron chi connectivity index (χ4n) is 1.67. The molecule has 0 aliphatic rings. The number of alkyl halides is 10. The van der Waals surface area contributed by atoms with Gasteiger partial charge in [-0.3, -0.25) is 0 Å². The molecule has 0 aromatic rings. The fourth-order valence-corrected chi connectivity index (χ4v) is 3.02. The van der Waals surface area contributed by atoms with Crippen LogP contribution in [0.4, 0.5) is 26.3 Å². The molecule has 0 N–H and O–H groups in total. The van der Waals surface area contributed by atoms with E-state index in [2.05, 4.69) is 63.7 Å². The molecule has 0 aromatic carbocycles. The van der Waals surface area contributed by atoms with Gasteiger partial charge in [-0.05, 0) is 26.7 Å². The fraction of sp³-hybridized carbons (Fsp3) is 1.00. The van der Waals surface area contributed by atoms with Gasteiger partial charge in [0.1, 0.15) is 6.47 Å². The van der Waals surface area contributed by atoms with Crippen LogP contribution in [0.25, 0.3) is 0 Å². The molecule has 140 valence electrons. The minimum Gasteiger partial charge on any atom is -0.370 e. The summed E-state index contributed by atoms with van der Waals surface area (Å²) in [5, 5.41) is 0. The Morgan fingerprint density at radius 2 is 0.957 bits per heavy atom. The molecule has 2 unspecified atom stereocenters. The summed E-state index contributed by atoms with van der Waals surface area (Å²) in [5.41, 5.74) is 0. The highest BCUT2D eigenvalue weighted by Crippen LogP contribution is 2.42. The average Bonchev–Trinajstić information content (AvgIpc) is 2.21. The van der Waals surface area contributed by atoms with E-state index in [0.717, 1.165) is 0 Å². The Balaban J connectivity index is 5.06. The number of hydrogen-bond acceptors (Lipinski definition) is 1. The van der Waals surface area contributed by atoms with E-state index >= 15 is 0 Å². The molecule has 0 aliphatic heterocycles. The number of rotatable bonds is 8. The molecule has 0 radical (unpaired) electrons. The summed E-state index contributed by atoms with van der Waals surface area (Å²) >= 11 is 12.7. The molecule has 1 nitrogen and oxygen atoms in total. The zero-order chi connectivity index (χ0) is 18.7. The Bertz CT molecular complexity index is 325. The van der Waals surface area contributed by atoms with E-state index in [1.54, 1.807) is 0 Å². The van der Waals surface area contributed by atoms with E-state index in [1.807, 2.05) is 0 Å². The molecule has 0 spiro atoms. The number of hydrogen-bond donors (Lipinski definition) is 0. The van der Waals surface area contributed by atoms with Crippen molar-refractivity contribution >= 4 is 63.7 Å². The van der Waals surface area contributed by atoms with Crippen LogP contribution >= 0.6 is 63.7 Å². The summed E-state index contributed by atoms with van der Waals surface area (Å²) in [6, 6.07) is 0. The van der Waals surface area contributed by atoms with Crippen LogP contribution in [0.5, 0.6) is 0 Å². The first-order valence-electron chi connectivity index (χ1n) is 6.46. The molecule has 0 bridgehead atoms. The molecule has 23 heavy (non-hydrogen) atoms. The average molecular weight is 610 g/mol. The molecule has 0 aliphatic carbocycles. The first kappa shape index (κ1) is 24.5. The molecule has 0 fully saturated rings. The summed E-state index contributed by atoms with van der Waals surface area (Å²) in [6.45, 7) is 3.07. The van der Waals surface area contributed by atoms with Crippen LogP contribution in [-0.2, 0) is 4.74 Å². The second-order valence-corrected chi connectivity index (χ2v) is 14.1. The van der Waals surface area contributed by atoms with E-state index in [4.69, 9.17) is 4.74 Å². The van der Waals surface area contributed by atoms with Gasteiger partial charge in [0.15, 0.2) is 0 Å². The maximum absolute atomic E-state index is 12.4. The van der Waals surface area contributed by atoms with Crippen molar-refractivity contribution in [2.75, 3.05) is 0 Å². The van der Waals surface area contributed by atoms with E-state index in [9.17, 15) is 26.3 Å². The Hall–Kier alpha value is 1.46. The van der Waals surface area contributed by atoms with Crippen LogP contribution in [0.15, 0.2) is 0 Å². The SMILES string of the molecule is CC(Br)(Br)C(CCC(F)(F)F)OC(CCC(F)(F)F)C(C)(Br)Br. The minimum atomic E-state index is -4.37. The molecular formula is C12H16Br4F6O. The highest BCUT2D eigenvalue weighted by molar-refractivity contribution is 9.25. The van der Waals surface area contributed by atoms with E-state index in [1.165, 1.54) is 13.8 Å². The molecule has 0 rings (SSSR count). The van der Waals surface area contributed by atoms with Crippen LogP contribution in [0.3, 0.4) is 0 Å². The van der Waals surface area contributed by atoms with Gasteiger partial charge in [0.2, 0.25) is 0 Å². The first-order chi connectivity index (χ1) is 9.92. The zero-order valence-corrected chi connectivity index (χ0v) is 18.5. The van der Waals surface area contributed by atoms with Crippen molar-refractivity contribution in [3.63, 3.8) is 0 Å². The maximum Gasteiger partial charge on any atom is 0.389 e. The Labute approximate surface area is 164 Å². The zero-order valence-electron chi connectivity index (χ0n) is 12.2. The summed E-state index contributed by atoms with van der Waals surface area (Å²) in [7, 11) is 0. The van der Waals surface area contributed by atoms with Gasteiger partial charge in [-0.15, -0.1) is 0 Å². The first-order valence-corrected chi connectivity index (χ1v) is 9.63. The monoisotopic (exact) mass is 606 g/mol. The van der Waals surface area contributed by atoms with Crippen LogP contribution < -0.4 is 0 Å². The summed E-state index contributed by atoms with van der Waals surface area (Å²) in [6.07, 6.45) is -13.7. The number of ether oxygens (including phenoxy) is 1. The van der Waals surface area contributed by atoms with Crippen molar-refractivity contribution in [2.45, 2.75) is 70.6 Å². The van der Waals surface area contributed by atoms with E-state index in [0.29, 0.717) is 0 Å². The molecule has 0 saturated carbocycles. The van der Waals surface area contributed by atoms with Crippen molar-refractivity contribution in [3.8, 4) is 0 Å². The number of halogens is 10. The standard InChI is InChI=1S/C12H16Br4F6O/c1-9(13,14)7(3-5-11(17,18)19)23-8(10(2,15)16)4-6-12(20,21)22/h7-8H,3-6H2,1-2H3. The van der Waals surface area contributed by atoms with Gasteiger partial charge in [-0.25, -0.2) is 0 Å². The quantitative estimate of drug-likeness (QED) is 0.205. The highest BCUT2D eigenvalue weighted by atomic mass is 79.9. The smallest absolute Gasteiger partial charge is 0.370 e. The third kappa shape index (κ3) is 12.4. The van der Waals surface area contributed by atoms with Crippen LogP contribution in [-0.4, -0.2) is 31.0 Å². The van der Waals surface area contributed by atoms with Gasteiger partial charge in [-0.1, -0.05) is 63.7 Å². The molecule has 0 saturated heterocycles. The molecule has 0 aromatic heterocycles. The van der Waals surface area contributed by atoms with Gasteiger partial charge in [0, 0.05) is 12.8 Å². The normalized spacial score (nSPS) is 17.2. The second kappa shape index (κ2) is 8.90. The van der Waals surface area contributed by atoms with Crippen LogP contribution in [0, 0.1) is 0 Å². The largest absolute Gasteiger partial charge is 0.389 e. The van der Waals surface area contributed by atoms with Crippen LogP contribution in [0.1, 0.15) is 39.5 Å². The van der Waals surface area contributed by atoms with Gasteiger partial charge in [0.05, 0.1) is 12.2 Å². The lowest BCUT2D eigenvalue weighted by Gasteiger charge is -2.36. The second-order valence-electron chi connectivity index (χ2n) is 5.33. The predicted octanol–water partition coefficient (Wildman–Crippen LogP) is 7.44. The molecule has 0 heterocycles. The van der Waals surface area contributed by atoms with Crippen molar-refractivity contribution in [2.24, 2.45) is 0 Å². The predicted molar refractivity (Wildman–Crippen MR) is 91.8 cm³/mol. The van der Waals surface area contributed by atoms with E-state index in [-0.39, 0.29) is 0 Å². The third-order valence-corrected chi connectivity index (χ3v) is 4.88. The van der Waals surface area contributed by atoms with Crippen molar-refractivity contribution < 1.29 is 31.1 Å². The van der Waals surface area contributed by atoms with E-state index < -0.39 is 56.7 Å².